The van der Waals surface area contributed by atoms with Crippen LogP contribution in [0.5, 0.6) is 0 Å². The Kier molecular flexibility index (Phi) is 7.76. The van der Waals surface area contributed by atoms with Crippen LogP contribution in [0.3, 0.4) is 0 Å². The molecule has 0 spiro atoms. The van der Waals surface area contributed by atoms with E-state index in [9.17, 15) is 9.59 Å². The number of carbonyl (C=O) groups is 2. The lowest BCUT2D eigenvalue weighted by Gasteiger charge is -2.25. The van der Waals surface area contributed by atoms with Gasteiger partial charge >= 0.3 is 0 Å². The second kappa shape index (κ2) is 9.06. The molecule has 1 rings (SSSR count). The highest BCUT2D eigenvalue weighted by molar-refractivity contribution is 9.10. The van der Waals surface area contributed by atoms with Crippen molar-refractivity contribution in [1.82, 2.24) is 10.6 Å². The summed E-state index contributed by atoms with van der Waals surface area (Å²) in [5.41, 5.74) is 0.986. The van der Waals surface area contributed by atoms with Crippen LogP contribution < -0.4 is 10.6 Å². The molecule has 128 valence electrons. The van der Waals surface area contributed by atoms with Crippen LogP contribution in [-0.2, 0) is 15.0 Å². The van der Waals surface area contributed by atoms with Crippen molar-refractivity contribution in [3.8, 4) is 0 Å². The van der Waals surface area contributed by atoms with E-state index >= 15 is 0 Å². The van der Waals surface area contributed by atoms with Crippen molar-refractivity contribution in [3.63, 3.8) is 0 Å². The number of hydrogen-bond donors (Lipinski definition) is 2. The lowest BCUT2D eigenvalue weighted by Crippen LogP contribution is -2.42. The number of nitrogens with one attached hydrogen (secondary N) is 2. The van der Waals surface area contributed by atoms with E-state index < -0.39 is 0 Å². The molecule has 5 heteroatoms. The van der Waals surface area contributed by atoms with Crippen molar-refractivity contribution in [2.24, 2.45) is 5.92 Å². The van der Waals surface area contributed by atoms with Crippen LogP contribution in [0.4, 0.5) is 0 Å². The summed E-state index contributed by atoms with van der Waals surface area (Å²) in [5.74, 6) is 0.260. The molecular formula is C18H27BrN2O2. The summed E-state index contributed by atoms with van der Waals surface area (Å²) in [7, 11) is 0. The van der Waals surface area contributed by atoms with Crippen molar-refractivity contribution in [1.29, 1.82) is 0 Å². The lowest BCUT2D eigenvalue weighted by molar-refractivity contribution is -0.126. The number of carbonyl (C=O) groups excluding carboxylic acids is 2. The van der Waals surface area contributed by atoms with Crippen LogP contribution in [0.2, 0.25) is 0 Å². The van der Waals surface area contributed by atoms with E-state index in [1.807, 2.05) is 24.3 Å². The van der Waals surface area contributed by atoms with Gasteiger partial charge in [-0.05, 0) is 30.0 Å². The Bertz CT molecular complexity index is 524. The monoisotopic (exact) mass is 382 g/mol. The van der Waals surface area contributed by atoms with Gasteiger partial charge in [-0.2, -0.15) is 0 Å². The Morgan fingerprint density at radius 2 is 1.70 bits per heavy atom. The van der Waals surface area contributed by atoms with Gasteiger partial charge < -0.3 is 10.6 Å². The molecule has 2 N–H and O–H groups in total. The normalized spacial score (nSPS) is 11.4. The van der Waals surface area contributed by atoms with Gasteiger partial charge in [-0.25, -0.2) is 0 Å². The van der Waals surface area contributed by atoms with Crippen LogP contribution in [-0.4, -0.2) is 24.9 Å². The van der Waals surface area contributed by atoms with Gasteiger partial charge in [-0.1, -0.05) is 55.8 Å². The lowest BCUT2D eigenvalue weighted by atomic mass is 9.84. The number of hydrogen-bond acceptors (Lipinski definition) is 2. The Morgan fingerprint density at radius 3 is 2.26 bits per heavy atom. The summed E-state index contributed by atoms with van der Waals surface area (Å²) >= 11 is 3.42. The molecular weight excluding hydrogens is 356 g/mol. The number of halogens is 1. The average molecular weight is 383 g/mol. The summed E-state index contributed by atoms with van der Waals surface area (Å²) < 4.78 is 1.03. The summed E-state index contributed by atoms with van der Waals surface area (Å²) in [6.07, 6.45) is 1.30. The van der Waals surface area contributed by atoms with Gasteiger partial charge in [0.05, 0.1) is 6.54 Å². The molecule has 23 heavy (non-hydrogen) atoms. The smallest absolute Gasteiger partial charge is 0.239 e. The van der Waals surface area contributed by atoms with Gasteiger partial charge in [0.25, 0.3) is 0 Å². The van der Waals surface area contributed by atoms with Crippen molar-refractivity contribution >= 4 is 27.7 Å². The molecule has 0 aliphatic carbocycles. The minimum Gasteiger partial charge on any atom is -0.354 e. The summed E-state index contributed by atoms with van der Waals surface area (Å²) in [5, 5.41) is 5.55. The molecule has 0 aliphatic rings. The molecule has 1 aromatic carbocycles. The maximum atomic E-state index is 11.9. The maximum Gasteiger partial charge on any atom is 0.239 e. The van der Waals surface area contributed by atoms with Crippen molar-refractivity contribution in [2.45, 2.75) is 46.0 Å². The largest absolute Gasteiger partial charge is 0.354 e. The molecule has 0 aliphatic heterocycles. The van der Waals surface area contributed by atoms with Gasteiger partial charge in [0, 0.05) is 22.9 Å². The summed E-state index contributed by atoms with van der Waals surface area (Å²) in [6, 6.07) is 8.08. The highest BCUT2D eigenvalue weighted by Crippen LogP contribution is 2.23. The zero-order valence-electron chi connectivity index (χ0n) is 14.4. The van der Waals surface area contributed by atoms with Crippen LogP contribution in [0, 0.1) is 5.92 Å². The van der Waals surface area contributed by atoms with E-state index in [1.54, 1.807) is 0 Å². The quantitative estimate of drug-likeness (QED) is 0.723. The molecule has 0 radical (unpaired) electrons. The molecule has 1 aromatic rings. The Morgan fingerprint density at radius 1 is 1.09 bits per heavy atom. The summed E-state index contributed by atoms with van der Waals surface area (Å²) in [4.78, 5) is 23.5. The third-order valence-corrected chi connectivity index (χ3v) is 4.28. The topological polar surface area (TPSA) is 58.2 Å². The zero-order valence-corrected chi connectivity index (χ0v) is 16.0. The molecule has 0 aromatic heterocycles. The molecule has 0 saturated carbocycles. The first kappa shape index (κ1) is 19.7. The molecule has 0 fully saturated rings. The minimum absolute atomic E-state index is 0.0351. The van der Waals surface area contributed by atoms with Crippen LogP contribution in [0.25, 0.3) is 0 Å². The van der Waals surface area contributed by atoms with E-state index in [-0.39, 0.29) is 23.8 Å². The fraction of sp³-hybridized carbons (Fsp3) is 0.556. The molecule has 2 amide bonds. The first-order chi connectivity index (χ1) is 10.7. The van der Waals surface area contributed by atoms with Gasteiger partial charge in [0.2, 0.25) is 11.8 Å². The SMILES string of the molecule is CC(C)CCC(=O)NCC(=O)NCC(C)(C)c1ccc(Br)cc1. The predicted molar refractivity (Wildman–Crippen MR) is 97.3 cm³/mol. The molecule has 4 nitrogen and oxygen atoms in total. The number of rotatable bonds is 8. The Balaban J connectivity index is 2.37. The van der Waals surface area contributed by atoms with E-state index in [1.165, 1.54) is 0 Å². The second-order valence-electron chi connectivity index (χ2n) is 6.88. The fourth-order valence-corrected chi connectivity index (χ4v) is 2.34. The minimum atomic E-state index is -0.169. The Hall–Kier alpha value is -1.36. The second-order valence-corrected chi connectivity index (χ2v) is 7.79. The average Bonchev–Trinajstić information content (AvgIpc) is 2.49. The molecule has 0 unspecified atom stereocenters. The van der Waals surface area contributed by atoms with E-state index in [0.29, 0.717) is 18.9 Å². The summed E-state index contributed by atoms with van der Waals surface area (Å²) in [6.45, 7) is 8.87. The third kappa shape index (κ3) is 7.64. The fourth-order valence-electron chi connectivity index (χ4n) is 2.07. The first-order valence-corrected chi connectivity index (χ1v) is 8.79. The van der Waals surface area contributed by atoms with E-state index in [0.717, 1.165) is 16.5 Å². The van der Waals surface area contributed by atoms with Gasteiger partial charge in [-0.3, -0.25) is 9.59 Å². The van der Waals surface area contributed by atoms with Crippen molar-refractivity contribution in [3.05, 3.63) is 34.3 Å². The van der Waals surface area contributed by atoms with Gasteiger partial charge in [-0.15, -0.1) is 0 Å². The van der Waals surface area contributed by atoms with Crippen molar-refractivity contribution in [2.75, 3.05) is 13.1 Å². The molecule has 0 saturated heterocycles. The van der Waals surface area contributed by atoms with Gasteiger partial charge in [0.1, 0.15) is 0 Å². The van der Waals surface area contributed by atoms with Crippen LogP contribution in [0.15, 0.2) is 28.7 Å². The molecule has 0 heterocycles. The van der Waals surface area contributed by atoms with Crippen molar-refractivity contribution < 1.29 is 9.59 Å². The standard InChI is InChI=1S/C18H27BrN2O2/c1-13(2)5-10-16(22)20-11-17(23)21-12-18(3,4)14-6-8-15(19)9-7-14/h6-9,13H,5,10-12H2,1-4H3,(H,20,22)(H,21,23). The first-order valence-electron chi connectivity index (χ1n) is 8.00. The number of amides is 2. The predicted octanol–water partition coefficient (Wildman–Crippen LogP) is 3.40. The Labute approximate surface area is 147 Å². The number of benzene rings is 1. The van der Waals surface area contributed by atoms with Gasteiger partial charge in [0.15, 0.2) is 0 Å². The molecule has 0 atom stereocenters. The molecule has 0 bridgehead atoms. The third-order valence-electron chi connectivity index (χ3n) is 3.75. The van der Waals surface area contributed by atoms with Crippen LogP contribution >= 0.6 is 15.9 Å². The van der Waals surface area contributed by atoms with Crippen LogP contribution in [0.1, 0.15) is 46.1 Å². The zero-order chi connectivity index (χ0) is 17.5. The highest BCUT2D eigenvalue weighted by atomic mass is 79.9. The maximum absolute atomic E-state index is 11.9. The highest BCUT2D eigenvalue weighted by Gasteiger charge is 2.21. The van der Waals surface area contributed by atoms with E-state index in [2.05, 4.69) is 54.3 Å². The van der Waals surface area contributed by atoms with E-state index in [4.69, 9.17) is 0 Å².